The van der Waals surface area contributed by atoms with Crippen molar-refractivity contribution >= 4 is 17.6 Å². The van der Waals surface area contributed by atoms with Crippen LogP contribution in [0.25, 0.3) is 0 Å². The average Bonchev–Trinajstić information content (AvgIpc) is 2.29. The zero-order valence-corrected chi connectivity index (χ0v) is 9.59. The van der Waals surface area contributed by atoms with E-state index in [-0.39, 0.29) is 6.10 Å². The van der Waals surface area contributed by atoms with Crippen molar-refractivity contribution in [3.05, 3.63) is 17.6 Å². The Hall–Kier alpha value is -0.810. The zero-order valence-electron chi connectivity index (χ0n) is 8.77. The van der Waals surface area contributed by atoms with Gasteiger partial charge in [0.1, 0.15) is 11.9 Å². The number of hydrogen-bond acceptors (Lipinski definition) is 5. The molecule has 1 atom stereocenters. The molecule has 0 aliphatic carbocycles. The Bertz CT molecular complexity index is 339. The molecule has 2 N–H and O–H groups in total. The van der Waals surface area contributed by atoms with E-state index in [1.54, 1.807) is 0 Å². The third kappa shape index (κ3) is 2.60. The van der Waals surface area contributed by atoms with E-state index < -0.39 is 0 Å². The molecule has 15 heavy (non-hydrogen) atoms. The molecule has 82 valence electrons. The van der Waals surface area contributed by atoms with Gasteiger partial charge in [0.15, 0.2) is 5.82 Å². The van der Waals surface area contributed by atoms with E-state index in [1.807, 2.05) is 17.8 Å². The number of anilines is 1. The average molecular weight is 225 g/mol. The highest BCUT2D eigenvalue weighted by Crippen LogP contribution is 2.24. The van der Waals surface area contributed by atoms with Crippen LogP contribution >= 0.6 is 11.8 Å². The Labute approximate surface area is 93.6 Å². The van der Waals surface area contributed by atoms with Crippen LogP contribution in [0.15, 0.2) is 6.07 Å². The predicted octanol–water partition coefficient (Wildman–Crippen LogP) is 1.43. The van der Waals surface area contributed by atoms with Gasteiger partial charge in [-0.3, -0.25) is 0 Å². The van der Waals surface area contributed by atoms with Crippen molar-refractivity contribution in [1.29, 1.82) is 0 Å². The first kappa shape index (κ1) is 10.7. The number of rotatable bonds is 2. The molecule has 1 unspecified atom stereocenters. The molecule has 1 aromatic rings. The number of nitrogen functional groups attached to an aromatic ring is 1. The largest absolute Gasteiger partial charge is 0.384 e. The monoisotopic (exact) mass is 225 g/mol. The lowest BCUT2D eigenvalue weighted by Crippen LogP contribution is -2.19. The second-order valence-electron chi connectivity index (χ2n) is 3.43. The Morgan fingerprint density at radius 3 is 3.13 bits per heavy atom. The van der Waals surface area contributed by atoms with Crippen molar-refractivity contribution < 1.29 is 4.74 Å². The fourth-order valence-electron chi connectivity index (χ4n) is 1.50. The van der Waals surface area contributed by atoms with Gasteiger partial charge < -0.3 is 10.5 Å². The molecule has 0 bridgehead atoms. The molecule has 1 aliphatic rings. The highest BCUT2D eigenvalue weighted by molar-refractivity contribution is 7.99. The van der Waals surface area contributed by atoms with Gasteiger partial charge in [-0.2, -0.15) is 11.8 Å². The van der Waals surface area contributed by atoms with Gasteiger partial charge in [0.05, 0.1) is 6.61 Å². The summed E-state index contributed by atoms with van der Waals surface area (Å²) < 4.78 is 5.62. The van der Waals surface area contributed by atoms with Gasteiger partial charge in [0.25, 0.3) is 0 Å². The van der Waals surface area contributed by atoms with E-state index in [4.69, 9.17) is 10.5 Å². The van der Waals surface area contributed by atoms with E-state index in [1.165, 1.54) is 0 Å². The summed E-state index contributed by atoms with van der Waals surface area (Å²) in [6, 6.07) is 1.82. The molecule has 1 saturated heterocycles. The fourth-order valence-corrected chi connectivity index (χ4v) is 2.34. The molecule has 0 amide bonds. The lowest BCUT2D eigenvalue weighted by atomic mass is 10.3. The molecule has 2 heterocycles. The third-order valence-corrected chi connectivity index (χ3v) is 3.28. The topological polar surface area (TPSA) is 61.0 Å². The number of ether oxygens (including phenoxy) is 1. The van der Waals surface area contributed by atoms with E-state index in [0.717, 1.165) is 36.1 Å². The number of nitrogens with two attached hydrogens (primary N) is 1. The highest BCUT2D eigenvalue weighted by Gasteiger charge is 2.19. The highest BCUT2D eigenvalue weighted by atomic mass is 32.2. The summed E-state index contributed by atoms with van der Waals surface area (Å²) in [7, 11) is 0. The van der Waals surface area contributed by atoms with Crippen molar-refractivity contribution in [1.82, 2.24) is 9.97 Å². The number of thioether (sulfide) groups is 1. The zero-order chi connectivity index (χ0) is 10.7. The minimum atomic E-state index is 0.0116. The van der Waals surface area contributed by atoms with Gasteiger partial charge in [0.2, 0.25) is 0 Å². The van der Waals surface area contributed by atoms with Gasteiger partial charge in [-0.1, -0.05) is 6.92 Å². The quantitative estimate of drug-likeness (QED) is 0.825. The first-order valence-electron chi connectivity index (χ1n) is 5.12. The third-order valence-electron chi connectivity index (χ3n) is 2.28. The second-order valence-corrected chi connectivity index (χ2v) is 4.58. The van der Waals surface area contributed by atoms with Crippen LogP contribution < -0.4 is 5.73 Å². The van der Waals surface area contributed by atoms with Gasteiger partial charge >= 0.3 is 0 Å². The molecule has 5 heteroatoms. The maximum absolute atomic E-state index is 5.73. The van der Waals surface area contributed by atoms with E-state index >= 15 is 0 Å². The van der Waals surface area contributed by atoms with Gasteiger partial charge in [-0.15, -0.1) is 0 Å². The number of hydrogen-bond donors (Lipinski definition) is 1. The van der Waals surface area contributed by atoms with Crippen molar-refractivity contribution in [2.45, 2.75) is 19.4 Å². The van der Waals surface area contributed by atoms with Crippen LogP contribution in [0.1, 0.15) is 24.5 Å². The first-order valence-corrected chi connectivity index (χ1v) is 6.27. The fraction of sp³-hybridized carbons (Fsp3) is 0.600. The van der Waals surface area contributed by atoms with Crippen molar-refractivity contribution in [2.75, 3.05) is 23.8 Å². The number of aromatic nitrogens is 2. The smallest absolute Gasteiger partial charge is 0.160 e. The second kappa shape index (κ2) is 4.81. The Morgan fingerprint density at radius 2 is 2.47 bits per heavy atom. The molecule has 4 nitrogen and oxygen atoms in total. The van der Waals surface area contributed by atoms with Crippen LogP contribution in [0, 0.1) is 0 Å². The maximum atomic E-state index is 5.73. The maximum Gasteiger partial charge on any atom is 0.160 e. The van der Waals surface area contributed by atoms with Crippen molar-refractivity contribution in [3.63, 3.8) is 0 Å². The summed E-state index contributed by atoms with van der Waals surface area (Å²) in [6.45, 7) is 2.83. The summed E-state index contributed by atoms with van der Waals surface area (Å²) in [5, 5.41) is 0. The summed E-state index contributed by atoms with van der Waals surface area (Å²) in [4.78, 5) is 8.68. The summed E-state index contributed by atoms with van der Waals surface area (Å²) in [5.74, 6) is 3.25. The van der Waals surface area contributed by atoms with Gasteiger partial charge in [0, 0.05) is 23.3 Å². The van der Waals surface area contributed by atoms with Crippen molar-refractivity contribution in [2.24, 2.45) is 0 Å². The molecule has 0 spiro atoms. The molecular formula is C10H15N3OS. The molecule has 1 aliphatic heterocycles. The van der Waals surface area contributed by atoms with Crippen LogP contribution in [-0.4, -0.2) is 28.1 Å². The SMILES string of the molecule is CCc1cc(N)nc(C2CSCCO2)n1. The molecule has 1 fully saturated rings. The van der Waals surface area contributed by atoms with Crippen LogP contribution in [0.2, 0.25) is 0 Å². The van der Waals surface area contributed by atoms with Crippen LogP contribution in [0.5, 0.6) is 0 Å². The van der Waals surface area contributed by atoms with E-state index in [0.29, 0.717) is 5.82 Å². The lowest BCUT2D eigenvalue weighted by Gasteiger charge is -2.21. The minimum absolute atomic E-state index is 0.0116. The first-order chi connectivity index (χ1) is 7.29. The summed E-state index contributed by atoms with van der Waals surface area (Å²) >= 11 is 1.87. The van der Waals surface area contributed by atoms with Crippen molar-refractivity contribution in [3.8, 4) is 0 Å². The van der Waals surface area contributed by atoms with Gasteiger partial charge in [-0.05, 0) is 6.42 Å². The van der Waals surface area contributed by atoms with E-state index in [2.05, 4.69) is 16.9 Å². The lowest BCUT2D eigenvalue weighted by molar-refractivity contribution is 0.0694. The van der Waals surface area contributed by atoms with Crippen LogP contribution in [0.3, 0.4) is 0 Å². The summed E-state index contributed by atoms with van der Waals surface area (Å²) in [5.41, 5.74) is 6.71. The molecule has 1 aromatic heterocycles. The standard InChI is InChI=1S/C10H15N3OS/c1-2-7-5-9(11)13-10(12-7)8-6-15-4-3-14-8/h5,8H,2-4,6H2,1H3,(H2,11,12,13). The molecule has 0 saturated carbocycles. The normalized spacial score (nSPS) is 21.5. The van der Waals surface area contributed by atoms with Crippen LogP contribution in [-0.2, 0) is 11.2 Å². The Balaban J connectivity index is 2.22. The van der Waals surface area contributed by atoms with E-state index in [9.17, 15) is 0 Å². The Morgan fingerprint density at radius 1 is 1.60 bits per heavy atom. The number of aryl methyl sites for hydroxylation is 1. The molecule has 0 radical (unpaired) electrons. The van der Waals surface area contributed by atoms with Crippen LogP contribution in [0.4, 0.5) is 5.82 Å². The minimum Gasteiger partial charge on any atom is -0.384 e. The molecule has 2 rings (SSSR count). The predicted molar refractivity (Wildman–Crippen MR) is 61.8 cm³/mol. The van der Waals surface area contributed by atoms with Gasteiger partial charge in [-0.25, -0.2) is 9.97 Å². The Kier molecular flexibility index (Phi) is 3.43. The molecular weight excluding hydrogens is 210 g/mol. The molecule has 0 aromatic carbocycles. The number of nitrogens with zero attached hydrogens (tertiary/aromatic N) is 2. The summed E-state index contributed by atoms with van der Waals surface area (Å²) in [6.07, 6.45) is 0.886.